The van der Waals surface area contributed by atoms with E-state index in [1.165, 1.54) is 0 Å². The first-order chi connectivity index (χ1) is 36.8. The Balaban J connectivity index is 0.000000170. The minimum absolute atomic E-state index is 0.184. The molecule has 3 atom stereocenters. The maximum Gasteiger partial charge on any atom is 0.160 e. The van der Waals surface area contributed by atoms with Gasteiger partial charge in [-0.15, -0.1) is 0 Å². The summed E-state index contributed by atoms with van der Waals surface area (Å²) in [7, 11) is 5.98. The van der Waals surface area contributed by atoms with E-state index in [1.807, 2.05) is 135 Å². The molecule has 0 aromatic heterocycles. The molecule has 3 heterocycles. The standard InChI is InChI=1S/3C20H25O5P/c3*1-20(2,3)26(21)12-25-17-11-13(22-4)10-14(19(17)26)18-15(23-5)8-7-9-16(18)24-6/h3*7-11H,12H2,1-6H3. The van der Waals surface area contributed by atoms with Crippen LogP contribution in [0, 0.1) is 0 Å². The zero-order valence-electron chi connectivity index (χ0n) is 48.2. The lowest BCUT2D eigenvalue weighted by atomic mass is 10.0. The number of benzene rings is 6. The van der Waals surface area contributed by atoms with Crippen LogP contribution in [0.5, 0.6) is 69.0 Å². The van der Waals surface area contributed by atoms with Gasteiger partial charge in [0.1, 0.15) is 88.0 Å². The summed E-state index contributed by atoms with van der Waals surface area (Å²) in [6, 6.07) is 27.8. The average Bonchev–Trinajstić information content (AvgIpc) is 4.29. The van der Waals surface area contributed by atoms with Gasteiger partial charge in [0.25, 0.3) is 0 Å². The monoisotopic (exact) mass is 1130 g/mol. The Bertz CT molecular complexity index is 2930. The molecular weight excluding hydrogens is 1050 g/mol. The molecule has 420 valence electrons. The lowest BCUT2D eigenvalue weighted by Gasteiger charge is -2.28. The number of ether oxygens (including phenoxy) is 12. The van der Waals surface area contributed by atoms with Crippen LogP contribution >= 0.6 is 21.4 Å². The summed E-state index contributed by atoms with van der Waals surface area (Å²) in [5.41, 5.74) is 4.56. The predicted octanol–water partition coefficient (Wildman–Crippen LogP) is 13.5. The topological polar surface area (TPSA) is 162 Å². The largest absolute Gasteiger partial charge is 0.497 e. The zero-order chi connectivity index (χ0) is 57.3. The molecule has 0 amide bonds. The molecule has 3 aliphatic rings. The van der Waals surface area contributed by atoms with E-state index >= 15 is 0 Å². The highest BCUT2D eigenvalue weighted by atomic mass is 31.2. The highest BCUT2D eigenvalue weighted by molar-refractivity contribution is 7.74. The van der Waals surface area contributed by atoms with Gasteiger partial charge in [0.15, 0.2) is 21.4 Å². The second-order valence-corrected chi connectivity index (χ2v) is 32.3. The molecule has 0 fully saturated rings. The summed E-state index contributed by atoms with van der Waals surface area (Å²) in [6.07, 6.45) is 0.552. The van der Waals surface area contributed by atoms with E-state index in [1.54, 1.807) is 82.2 Å². The Morgan fingerprint density at radius 1 is 0.333 bits per heavy atom. The smallest absolute Gasteiger partial charge is 0.160 e. The number of hydrogen-bond donors (Lipinski definition) is 0. The Kier molecular flexibility index (Phi) is 17.3. The van der Waals surface area contributed by atoms with E-state index < -0.39 is 36.9 Å². The summed E-state index contributed by atoms with van der Waals surface area (Å²) in [4.78, 5) is 0. The second kappa shape index (κ2) is 22.8. The Morgan fingerprint density at radius 3 is 0.705 bits per heavy atom. The third-order valence-corrected chi connectivity index (χ3v) is 26.0. The van der Waals surface area contributed by atoms with Gasteiger partial charge < -0.3 is 70.5 Å². The van der Waals surface area contributed by atoms with Crippen molar-refractivity contribution in [2.75, 3.05) is 83.0 Å². The first-order valence-corrected chi connectivity index (χ1v) is 31.0. The fraction of sp³-hybridized carbons (Fsp3) is 0.400. The fourth-order valence-corrected chi connectivity index (χ4v) is 17.4. The van der Waals surface area contributed by atoms with Gasteiger partial charge in [-0.2, -0.15) is 0 Å². The fourth-order valence-electron chi connectivity index (χ4n) is 9.73. The lowest BCUT2D eigenvalue weighted by molar-refractivity contribution is 0.380. The minimum Gasteiger partial charge on any atom is -0.497 e. The quantitative estimate of drug-likeness (QED) is 0.106. The van der Waals surface area contributed by atoms with Crippen molar-refractivity contribution in [3.63, 3.8) is 0 Å². The van der Waals surface area contributed by atoms with Gasteiger partial charge >= 0.3 is 0 Å². The maximum atomic E-state index is 14.0. The number of rotatable bonds is 12. The van der Waals surface area contributed by atoms with Gasteiger partial charge in [-0.3, -0.25) is 0 Å². The normalized spacial score (nSPS) is 18.8. The van der Waals surface area contributed by atoms with Crippen LogP contribution in [-0.2, 0) is 13.7 Å². The van der Waals surface area contributed by atoms with Crippen molar-refractivity contribution in [2.24, 2.45) is 0 Å². The van der Waals surface area contributed by atoms with E-state index in [9.17, 15) is 13.7 Å². The van der Waals surface area contributed by atoms with Gasteiger partial charge in [-0.25, -0.2) is 0 Å². The Hall–Kier alpha value is -6.39. The molecule has 18 heteroatoms. The molecule has 3 unspecified atom stereocenters. The van der Waals surface area contributed by atoms with Crippen LogP contribution in [0.15, 0.2) is 91.0 Å². The van der Waals surface area contributed by atoms with Gasteiger partial charge in [0.05, 0.1) is 96.6 Å². The van der Waals surface area contributed by atoms with E-state index in [4.69, 9.17) is 56.8 Å². The number of methoxy groups -OCH3 is 9. The van der Waals surface area contributed by atoms with Crippen molar-refractivity contribution in [1.82, 2.24) is 0 Å². The van der Waals surface area contributed by atoms with Gasteiger partial charge in [-0.05, 0) is 54.6 Å². The van der Waals surface area contributed by atoms with Gasteiger partial charge in [0, 0.05) is 50.4 Å². The van der Waals surface area contributed by atoms with Crippen LogP contribution in [-0.4, -0.2) is 98.5 Å². The average molecular weight is 1130 g/mol. The number of hydrogen-bond acceptors (Lipinski definition) is 15. The molecule has 0 saturated carbocycles. The molecule has 0 aliphatic carbocycles. The first-order valence-electron chi connectivity index (χ1n) is 25.3. The van der Waals surface area contributed by atoms with Crippen LogP contribution in [0.4, 0.5) is 0 Å². The molecular formula is C60H75O15P3. The Morgan fingerprint density at radius 2 is 0.538 bits per heavy atom. The first kappa shape index (κ1) is 59.3. The molecule has 78 heavy (non-hydrogen) atoms. The molecule has 0 radical (unpaired) electrons. The second-order valence-electron chi connectivity index (χ2n) is 21.7. The summed E-state index contributed by atoms with van der Waals surface area (Å²) in [6.45, 7) is 17.9. The molecule has 3 aliphatic heterocycles. The molecule has 0 spiro atoms. The predicted molar refractivity (Wildman–Crippen MR) is 312 cm³/mol. The molecule has 9 rings (SSSR count). The maximum absolute atomic E-state index is 14.0. The molecule has 0 N–H and O–H groups in total. The SMILES string of the molecule is COc1cc2c(c(-c3c(OC)cccc3OC)c1)P(=O)(C(C)(C)C)CO2.COc1cc2c(c(-c3c(OC)cccc3OC)c1)P(=O)(C(C)(C)C)CO2.COc1cc2c(c(-c3c(OC)cccc3OC)c1)P(=O)(C(C)(C)C)CO2. The van der Waals surface area contributed by atoms with Crippen molar-refractivity contribution >= 4 is 37.3 Å². The van der Waals surface area contributed by atoms with Crippen molar-refractivity contribution in [1.29, 1.82) is 0 Å². The summed E-state index contributed by atoms with van der Waals surface area (Å²) in [5.74, 6) is 7.58. The van der Waals surface area contributed by atoms with Crippen LogP contribution in [0.3, 0.4) is 0 Å². The summed E-state index contributed by atoms with van der Waals surface area (Å²) in [5, 5.41) is 0.889. The molecule has 0 saturated heterocycles. The van der Waals surface area contributed by atoms with Crippen molar-refractivity contribution in [2.45, 2.75) is 77.8 Å². The highest BCUT2D eigenvalue weighted by Gasteiger charge is 2.50. The van der Waals surface area contributed by atoms with Crippen LogP contribution in [0.2, 0.25) is 0 Å². The van der Waals surface area contributed by atoms with Crippen LogP contribution in [0.25, 0.3) is 33.4 Å². The van der Waals surface area contributed by atoms with Gasteiger partial charge in [-0.1, -0.05) is 80.5 Å². The summed E-state index contributed by atoms with van der Waals surface area (Å²) >= 11 is 0. The zero-order valence-corrected chi connectivity index (χ0v) is 50.9. The van der Waals surface area contributed by atoms with Crippen molar-refractivity contribution in [3.8, 4) is 102 Å². The molecule has 6 aromatic carbocycles. The Labute approximate surface area is 460 Å². The van der Waals surface area contributed by atoms with Crippen LogP contribution in [0.1, 0.15) is 62.3 Å². The number of fused-ring (bicyclic) bond motifs is 3. The minimum atomic E-state index is -2.83. The van der Waals surface area contributed by atoms with E-state index in [-0.39, 0.29) is 19.0 Å². The highest BCUT2D eigenvalue weighted by Crippen LogP contribution is 2.67. The van der Waals surface area contributed by atoms with E-state index in [0.29, 0.717) is 69.0 Å². The van der Waals surface area contributed by atoms with Crippen molar-refractivity contribution < 1.29 is 70.5 Å². The van der Waals surface area contributed by atoms with Gasteiger partial charge in [0.2, 0.25) is 0 Å². The molecule has 15 nitrogen and oxygen atoms in total. The lowest BCUT2D eigenvalue weighted by Crippen LogP contribution is -2.23. The third-order valence-electron chi connectivity index (χ3n) is 14.5. The van der Waals surface area contributed by atoms with E-state index in [0.717, 1.165) is 49.3 Å². The third kappa shape index (κ3) is 10.5. The summed E-state index contributed by atoms with van der Waals surface area (Å²) < 4.78 is 109. The molecule has 6 aromatic rings. The molecule has 0 bridgehead atoms. The van der Waals surface area contributed by atoms with E-state index in [2.05, 4.69) is 0 Å². The van der Waals surface area contributed by atoms with Crippen LogP contribution < -0.4 is 72.8 Å². The van der Waals surface area contributed by atoms with Crippen molar-refractivity contribution in [3.05, 3.63) is 91.0 Å².